The van der Waals surface area contributed by atoms with E-state index in [9.17, 15) is 9.59 Å². The van der Waals surface area contributed by atoms with Crippen molar-refractivity contribution in [1.82, 2.24) is 0 Å². The number of carbonyl (C=O) groups excluding carboxylic acids is 2. The molecule has 11 heteroatoms. The summed E-state index contributed by atoms with van der Waals surface area (Å²) in [7, 11) is 0. The average molecular weight is 602 g/mol. The van der Waals surface area contributed by atoms with Crippen molar-refractivity contribution >= 4 is 79.9 Å². The van der Waals surface area contributed by atoms with Gasteiger partial charge < -0.3 is 15.2 Å². The molecule has 0 saturated heterocycles. The molecule has 3 N–H and O–H groups in total. The van der Waals surface area contributed by atoms with Crippen molar-refractivity contribution < 1.29 is 28.1 Å². The van der Waals surface area contributed by atoms with Crippen molar-refractivity contribution in [1.29, 1.82) is 0 Å². The lowest BCUT2D eigenvalue weighted by Gasteiger charge is -2.32. The fourth-order valence-electron chi connectivity index (χ4n) is 3.43. The zero-order valence-corrected chi connectivity index (χ0v) is 22.3. The number of hydrogen-bond donors (Lipinski definition) is 3. The lowest BCUT2D eigenvalue weighted by atomic mass is 9.94. The van der Waals surface area contributed by atoms with Crippen LogP contribution in [0.25, 0.3) is 0 Å². The van der Waals surface area contributed by atoms with Gasteiger partial charge in [0.05, 0.1) is 22.5 Å². The van der Waals surface area contributed by atoms with E-state index in [2.05, 4.69) is 50.1 Å². The normalized spacial score (nSPS) is 14.7. The Morgan fingerprint density at radius 1 is 1.33 bits per heavy atom. The van der Waals surface area contributed by atoms with Crippen molar-refractivity contribution in [2.24, 2.45) is 0 Å². The van der Waals surface area contributed by atoms with Gasteiger partial charge in [0.15, 0.2) is 5.78 Å². The summed E-state index contributed by atoms with van der Waals surface area (Å²) in [6.45, 7) is 5.56. The van der Waals surface area contributed by atoms with E-state index in [-0.39, 0.29) is 5.78 Å². The number of nitrogen functional groups attached to an aromatic ring is 1. The number of ketones is 1. The first-order valence-electron chi connectivity index (χ1n) is 10.0. The Kier molecular flexibility index (Phi) is 7.96. The highest BCUT2D eigenvalue weighted by molar-refractivity contribution is 9.11. The Hall–Kier alpha value is -2.24. The summed E-state index contributed by atoms with van der Waals surface area (Å²) in [4.78, 5) is 23.8. The van der Waals surface area contributed by atoms with Crippen LogP contribution in [0.1, 0.15) is 49.5 Å². The Morgan fingerprint density at radius 3 is 2.73 bits per heavy atom. The molecule has 1 amide bonds. The van der Waals surface area contributed by atoms with Crippen LogP contribution in [-0.2, 0) is 14.6 Å². The second kappa shape index (κ2) is 10.4. The van der Waals surface area contributed by atoms with Gasteiger partial charge in [0.25, 0.3) is 5.69 Å². The first kappa shape index (κ1) is 25.4. The predicted octanol–water partition coefficient (Wildman–Crippen LogP) is 6.14. The van der Waals surface area contributed by atoms with E-state index in [1.54, 1.807) is 24.4 Å². The Balaban J connectivity index is 1.68. The van der Waals surface area contributed by atoms with Crippen molar-refractivity contribution in [3.8, 4) is 5.75 Å². The maximum absolute atomic E-state index is 12.2. The smallest absolute Gasteiger partial charge is 0.412 e. The van der Waals surface area contributed by atoms with Crippen LogP contribution >= 0.6 is 44.8 Å². The van der Waals surface area contributed by atoms with Gasteiger partial charge in [0, 0.05) is 27.3 Å². The highest BCUT2D eigenvalue weighted by Gasteiger charge is 2.33. The number of ether oxygens (including phenoxy) is 2. The third-order valence-electron chi connectivity index (χ3n) is 5.05. The Bertz CT molecular complexity index is 1140. The molecule has 0 aliphatic carbocycles. The minimum atomic E-state index is -0.745. The highest BCUT2D eigenvalue weighted by atomic mass is 79.9. The summed E-state index contributed by atoms with van der Waals surface area (Å²) in [5.41, 5.74) is 8.14. The highest BCUT2D eigenvalue weighted by Crippen LogP contribution is 2.39. The van der Waals surface area contributed by atoms with Gasteiger partial charge in [-0.05, 0) is 77.3 Å². The number of rotatable bonds is 8. The number of benzene rings is 2. The summed E-state index contributed by atoms with van der Waals surface area (Å²) < 4.78 is 18.9. The fraction of sp³-hybridized carbons (Fsp3) is 0.318. The first-order chi connectivity index (χ1) is 15.5. The number of nitrogens with two attached hydrogens (primary N) is 1. The number of amides is 1. The molecule has 0 saturated carbocycles. The van der Waals surface area contributed by atoms with Crippen LogP contribution in [-0.4, -0.2) is 29.4 Å². The molecular formula is C22H24Br2N3O5S+. The number of fused-ring (bicyclic) bond motifs is 1. The summed E-state index contributed by atoms with van der Waals surface area (Å²) >= 11 is 10.7. The van der Waals surface area contributed by atoms with Gasteiger partial charge in [-0.15, -0.1) is 0 Å². The molecule has 2 aromatic carbocycles. The molecule has 1 heterocycles. The molecular weight excluding hydrogens is 578 g/mol. The van der Waals surface area contributed by atoms with Crippen LogP contribution < -0.4 is 15.8 Å². The van der Waals surface area contributed by atoms with E-state index in [0.717, 1.165) is 5.56 Å². The number of nitrogens with one attached hydrogen (secondary N) is 1. The third-order valence-corrected chi connectivity index (χ3v) is 6.70. The second-order valence-corrected chi connectivity index (χ2v) is 9.66. The van der Waals surface area contributed by atoms with Crippen molar-refractivity contribution in [3.63, 3.8) is 0 Å². The molecule has 1 aliphatic heterocycles. The van der Waals surface area contributed by atoms with Gasteiger partial charge in [-0.2, -0.15) is 4.28 Å². The molecule has 0 aromatic heterocycles. The number of nitrogens with zero attached hydrogens (tertiary/aromatic N) is 1. The molecule has 8 nitrogen and oxygen atoms in total. The maximum Gasteiger partial charge on any atom is 0.412 e. The van der Waals surface area contributed by atoms with E-state index in [1.165, 1.54) is 11.7 Å². The number of Topliss-reactive ketones (excluding diaryl/α,β-unsaturated/α-hetero) is 1. The second-order valence-electron chi connectivity index (χ2n) is 7.85. The Labute approximate surface area is 214 Å². The van der Waals surface area contributed by atoms with E-state index >= 15 is 0 Å². The summed E-state index contributed by atoms with van der Waals surface area (Å²) in [5, 5.41) is 2.69. The van der Waals surface area contributed by atoms with Gasteiger partial charge in [-0.25, -0.2) is 4.79 Å². The van der Waals surface area contributed by atoms with Crippen LogP contribution in [0.2, 0.25) is 0 Å². The van der Waals surface area contributed by atoms with Crippen molar-refractivity contribution in [2.75, 3.05) is 17.7 Å². The molecule has 33 heavy (non-hydrogen) atoms. The monoisotopic (exact) mass is 600 g/mol. The van der Waals surface area contributed by atoms with Gasteiger partial charge in [-0.3, -0.25) is 10.1 Å². The zero-order valence-electron chi connectivity index (χ0n) is 18.3. The molecule has 0 fully saturated rings. The summed E-state index contributed by atoms with van der Waals surface area (Å²) in [6.07, 6.45) is 2.56. The molecule has 3 rings (SSSR count). The van der Waals surface area contributed by atoms with Gasteiger partial charge in [-0.1, -0.05) is 0 Å². The summed E-state index contributed by atoms with van der Waals surface area (Å²) in [6, 6.07) is 7.17. The van der Waals surface area contributed by atoms with Crippen LogP contribution in [0, 0.1) is 0 Å². The van der Waals surface area contributed by atoms with E-state index in [0.29, 0.717) is 56.8 Å². The fourth-order valence-corrected chi connectivity index (χ4v) is 4.96. The minimum absolute atomic E-state index is 0.168. The third kappa shape index (κ3) is 5.64. The first-order valence-corrected chi connectivity index (χ1v) is 12.0. The maximum atomic E-state index is 12.2. The number of anilines is 2. The molecule has 0 unspecified atom stereocenters. The van der Waals surface area contributed by atoms with Crippen LogP contribution in [0.5, 0.6) is 5.75 Å². The number of carbonyl (C=O) groups is 2. The number of unbranched alkanes of at least 4 members (excludes halogenated alkanes) is 1. The number of hydrogen-bond acceptors (Lipinski definition) is 7. The standard InChI is InChI=1S/C22H23Br2N3O5S/c1-12(28)18-17(11-15(23)20(25)19(18)24)27(32-33)8-4-5-9-30-13-6-7-16-14(10-13)22(2,3)31-21(29)26-16/h6-8,10-11H,4-5,9,25H2,1-3H3,(H-,26,29,33)/p+1. The van der Waals surface area contributed by atoms with Gasteiger partial charge in [0.1, 0.15) is 29.8 Å². The minimum Gasteiger partial charge on any atom is -0.494 e. The molecule has 176 valence electrons. The quantitative estimate of drug-likeness (QED) is 0.0490. The SMILES string of the molecule is CC(=O)c1c([N+](=CCCCOc2ccc3c(c2)C(C)(C)OC(=O)N3)OS)cc(Br)c(N)c1Br. The average Bonchev–Trinajstić information content (AvgIpc) is 2.73. The van der Waals surface area contributed by atoms with E-state index < -0.39 is 11.7 Å². The van der Waals surface area contributed by atoms with Crippen molar-refractivity contribution in [2.45, 2.75) is 39.2 Å². The lowest BCUT2D eigenvalue weighted by molar-refractivity contribution is -0.672. The Morgan fingerprint density at radius 2 is 2.06 bits per heavy atom. The number of thiol groups is 1. The van der Waals surface area contributed by atoms with E-state index in [1.807, 2.05) is 19.9 Å². The topological polar surface area (TPSA) is 103 Å². The van der Waals surface area contributed by atoms with Crippen LogP contribution in [0.3, 0.4) is 0 Å². The van der Waals surface area contributed by atoms with Gasteiger partial charge >= 0.3 is 6.09 Å². The molecule has 0 atom stereocenters. The van der Waals surface area contributed by atoms with E-state index in [4.69, 9.17) is 19.5 Å². The van der Waals surface area contributed by atoms with Crippen LogP contribution in [0.15, 0.2) is 33.2 Å². The number of cyclic esters (lactones) is 1. The zero-order chi connectivity index (χ0) is 24.3. The molecule has 0 bridgehead atoms. The molecule has 1 aliphatic rings. The number of halogens is 2. The molecule has 0 spiro atoms. The predicted molar refractivity (Wildman–Crippen MR) is 137 cm³/mol. The van der Waals surface area contributed by atoms with Gasteiger partial charge in [0.2, 0.25) is 6.21 Å². The molecule has 2 aromatic rings. The van der Waals surface area contributed by atoms with Crippen molar-refractivity contribution in [3.05, 3.63) is 44.3 Å². The lowest BCUT2D eigenvalue weighted by Crippen LogP contribution is -2.34. The largest absolute Gasteiger partial charge is 0.494 e. The van der Waals surface area contributed by atoms with Crippen LogP contribution in [0.4, 0.5) is 21.9 Å². The molecule has 0 radical (unpaired) electrons. The summed E-state index contributed by atoms with van der Waals surface area (Å²) in [5.74, 6) is 0.507.